The number of nitrogens with zero attached hydrogens (tertiary/aromatic N) is 1. The van der Waals surface area contributed by atoms with Crippen LogP contribution >= 0.6 is 0 Å². The molecule has 0 bridgehead atoms. The Kier molecular flexibility index (Phi) is 3.82. The second-order valence-electron chi connectivity index (χ2n) is 4.98. The van der Waals surface area contributed by atoms with Gasteiger partial charge >= 0.3 is 0 Å². The summed E-state index contributed by atoms with van der Waals surface area (Å²) in [6.07, 6.45) is 1.12. The molecule has 110 valence electrons. The Morgan fingerprint density at radius 2 is 1.85 bits per heavy atom. The van der Waals surface area contributed by atoms with Gasteiger partial charge in [0.1, 0.15) is 0 Å². The summed E-state index contributed by atoms with van der Waals surface area (Å²) in [5, 5.41) is 0. The molecule has 2 rings (SSSR count). The van der Waals surface area contributed by atoms with Crippen LogP contribution in [0.4, 0.5) is 8.78 Å². The SMILES string of the molecule is CS(=O)(=O)c1ccc(C(=O)N2CCCC(F)(F)C2)cc1. The van der Waals surface area contributed by atoms with E-state index < -0.39 is 28.2 Å². The number of carbonyl (C=O) groups excluding carboxylic acids is 1. The van der Waals surface area contributed by atoms with Crippen molar-refractivity contribution in [3.05, 3.63) is 29.8 Å². The molecule has 0 radical (unpaired) electrons. The Hall–Kier alpha value is -1.50. The number of sulfone groups is 1. The first-order chi connectivity index (χ1) is 9.19. The minimum atomic E-state index is -3.33. The van der Waals surface area contributed by atoms with Gasteiger partial charge in [0.05, 0.1) is 11.4 Å². The second kappa shape index (κ2) is 5.12. The third-order valence-corrected chi connectivity index (χ3v) is 4.34. The first kappa shape index (κ1) is 14.9. The molecule has 0 saturated carbocycles. The van der Waals surface area contributed by atoms with Gasteiger partial charge in [-0.05, 0) is 30.7 Å². The molecule has 1 aliphatic rings. The number of rotatable bonds is 2. The number of alkyl halides is 2. The first-order valence-corrected chi connectivity index (χ1v) is 8.05. The highest BCUT2D eigenvalue weighted by Gasteiger charge is 2.37. The lowest BCUT2D eigenvalue weighted by atomic mass is 10.1. The van der Waals surface area contributed by atoms with Gasteiger partial charge in [0, 0.05) is 24.8 Å². The molecule has 0 aromatic heterocycles. The Bertz CT molecular complexity index is 611. The molecule has 7 heteroatoms. The minimum absolute atomic E-state index is 0.0954. The van der Waals surface area contributed by atoms with Crippen molar-refractivity contribution in [2.75, 3.05) is 19.3 Å². The van der Waals surface area contributed by atoms with Crippen molar-refractivity contribution in [2.45, 2.75) is 23.7 Å². The number of hydrogen-bond donors (Lipinski definition) is 0. The molecule has 0 N–H and O–H groups in total. The molecule has 0 atom stereocenters. The molecule has 0 spiro atoms. The highest BCUT2D eigenvalue weighted by atomic mass is 32.2. The molecular weight excluding hydrogens is 288 g/mol. The first-order valence-electron chi connectivity index (χ1n) is 6.16. The van der Waals surface area contributed by atoms with Gasteiger partial charge < -0.3 is 4.90 Å². The fraction of sp³-hybridized carbons (Fsp3) is 0.462. The van der Waals surface area contributed by atoms with Crippen LogP contribution in [0.3, 0.4) is 0 Å². The second-order valence-corrected chi connectivity index (χ2v) is 7.00. The molecule has 20 heavy (non-hydrogen) atoms. The van der Waals surface area contributed by atoms with Gasteiger partial charge in [0.15, 0.2) is 9.84 Å². The lowest BCUT2D eigenvalue weighted by molar-refractivity contribution is -0.0560. The Balaban J connectivity index is 2.17. The van der Waals surface area contributed by atoms with Crippen LogP contribution < -0.4 is 0 Å². The fourth-order valence-corrected chi connectivity index (χ4v) is 2.80. The van der Waals surface area contributed by atoms with Crippen LogP contribution in [-0.4, -0.2) is 44.5 Å². The lowest BCUT2D eigenvalue weighted by Crippen LogP contribution is -2.45. The summed E-state index contributed by atoms with van der Waals surface area (Å²) in [5.74, 6) is -3.34. The number of carbonyl (C=O) groups is 1. The lowest BCUT2D eigenvalue weighted by Gasteiger charge is -2.32. The maximum atomic E-state index is 13.3. The molecule has 1 fully saturated rings. The van der Waals surface area contributed by atoms with Crippen molar-refractivity contribution in [1.82, 2.24) is 4.90 Å². The van der Waals surface area contributed by atoms with Crippen LogP contribution in [-0.2, 0) is 9.84 Å². The van der Waals surface area contributed by atoms with E-state index in [1.165, 1.54) is 24.3 Å². The minimum Gasteiger partial charge on any atom is -0.333 e. The van der Waals surface area contributed by atoms with Crippen LogP contribution in [0.25, 0.3) is 0 Å². The molecule has 0 unspecified atom stereocenters. The number of benzene rings is 1. The molecule has 1 aromatic rings. The van der Waals surface area contributed by atoms with Crippen LogP contribution in [0, 0.1) is 0 Å². The number of halogens is 2. The van der Waals surface area contributed by atoms with Crippen LogP contribution in [0.1, 0.15) is 23.2 Å². The van der Waals surface area contributed by atoms with Crippen molar-refractivity contribution in [3.8, 4) is 0 Å². The van der Waals surface area contributed by atoms with Gasteiger partial charge in [-0.15, -0.1) is 0 Å². The topological polar surface area (TPSA) is 54.5 Å². The van der Waals surface area contributed by atoms with Crippen LogP contribution in [0.5, 0.6) is 0 Å². The normalized spacial score (nSPS) is 18.9. The summed E-state index contributed by atoms with van der Waals surface area (Å²) in [7, 11) is -3.33. The molecule has 1 saturated heterocycles. The largest absolute Gasteiger partial charge is 0.333 e. The molecule has 0 aliphatic carbocycles. The Labute approximate surface area is 116 Å². The van der Waals surface area contributed by atoms with E-state index in [0.717, 1.165) is 11.2 Å². The van der Waals surface area contributed by atoms with Gasteiger partial charge in [-0.25, -0.2) is 17.2 Å². The third-order valence-electron chi connectivity index (χ3n) is 3.21. The Morgan fingerprint density at radius 1 is 1.25 bits per heavy atom. The monoisotopic (exact) mass is 303 g/mol. The zero-order valence-corrected chi connectivity index (χ0v) is 11.8. The number of piperidine rings is 1. The highest BCUT2D eigenvalue weighted by Crippen LogP contribution is 2.27. The highest BCUT2D eigenvalue weighted by molar-refractivity contribution is 7.90. The van der Waals surface area contributed by atoms with Gasteiger partial charge in [-0.1, -0.05) is 0 Å². The van der Waals surface area contributed by atoms with Gasteiger partial charge in [0.2, 0.25) is 0 Å². The van der Waals surface area contributed by atoms with E-state index in [4.69, 9.17) is 0 Å². The third kappa shape index (κ3) is 3.33. The molecule has 1 aliphatic heterocycles. The van der Waals surface area contributed by atoms with E-state index in [0.29, 0.717) is 6.54 Å². The zero-order valence-electron chi connectivity index (χ0n) is 11.0. The van der Waals surface area contributed by atoms with E-state index in [-0.39, 0.29) is 23.3 Å². The van der Waals surface area contributed by atoms with E-state index in [1.54, 1.807) is 0 Å². The zero-order chi connectivity index (χ0) is 15.0. The predicted molar refractivity (Wildman–Crippen MR) is 69.6 cm³/mol. The van der Waals surface area contributed by atoms with E-state index in [1.807, 2.05) is 0 Å². The van der Waals surface area contributed by atoms with Crippen LogP contribution in [0.15, 0.2) is 29.2 Å². The molecule has 1 heterocycles. The average Bonchev–Trinajstić information content (AvgIpc) is 2.36. The van der Waals surface area contributed by atoms with E-state index >= 15 is 0 Å². The smallest absolute Gasteiger partial charge is 0.265 e. The summed E-state index contributed by atoms with van der Waals surface area (Å²) >= 11 is 0. The number of amides is 1. The molecule has 4 nitrogen and oxygen atoms in total. The Morgan fingerprint density at radius 3 is 2.35 bits per heavy atom. The standard InChI is InChI=1S/C13H15F2NO3S/c1-20(18,19)11-5-3-10(4-6-11)12(17)16-8-2-7-13(14,15)9-16/h3-6H,2,7-9H2,1H3. The summed E-state index contributed by atoms with van der Waals surface area (Å²) in [5.41, 5.74) is 0.218. The van der Waals surface area contributed by atoms with Crippen molar-refractivity contribution in [3.63, 3.8) is 0 Å². The summed E-state index contributed by atoms with van der Waals surface area (Å²) in [6.45, 7) is -0.290. The van der Waals surface area contributed by atoms with Crippen molar-refractivity contribution in [1.29, 1.82) is 0 Å². The van der Waals surface area contributed by atoms with Crippen molar-refractivity contribution in [2.24, 2.45) is 0 Å². The fourth-order valence-electron chi connectivity index (χ4n) is 2.17. The quantitative estimate of drug-likeness (QED) is 0.839. The van der Waals surface area contributed by atoms with Crippen molar-refractivity contribution >= 4 is 15.7 Å². The van der Waals surface area contributed by atoms with E-state index in [2.05, 4.69) is 0 Å². The maximum Gasteiger partial charge on any atom is 0.265 e. The van der Waals surface area contributed by atoms with E-state index in [9.17, 15) is 22.0 Å². The summed E-state index contributed by atoms with van der Waals surface area (Å²) < 4.78 is 49.2. The molecular formula is C13H15F2NO3S. The summed E-state index contributed by atoms with van der Waals surface area (Å²) in [4.78, 5) is 13.3. The maximum absolute atomic E-state index is 13.3. The van der Waals surface area contributed by atoms with Gasteiger partial charge in [-0.3, -0.25) is 4.79 Å². The predicted octanol–water partition coefficient (Wildman–Crippen LogP) is 1.96. The summed E-state index contributed by atoms with van der Waals surface area (Å²) in [6, 6.07) is 5.33. The molecule has 1 amide bonds. The van der Waals surface area contributed by atoms with Crippen molar-refractivity contribution < 1.29 is 22.0 Å². The van der Waals surface area contributed by atoms with Gasteiger partial charge in [-0.2, -0.15) is 0 Å². The van der Waals surface area contributed by atoms with Crippen LogP contribution in [0.2, 0.25) is 0 Å². The number of hydrogen-bond acceptors (Lipinski definition) is 3. The number of likely N-dealkylation sites (tertiary alicyclic amines) is 1. The average molecular weight is 303 g/mol. The van der Waals surface area contributed by atoms with Gasteiger partial charge in [0.25, 0.3) is 11.8 Å². The molecule has 1 aromatic carbocycles.